The fraction of sp³-hybridized carbons (Fsp3) is 0.208. The van der Waals surface area contributed by atoms with Gasteiger partial charge < -0.3 is 5.32 Å². The molecule has 3 heteroatoms. The normalized spacial score (nSPS) is 23.2. The largest absolute Gasteiger partial charge is 0.378 e. The molecular weight excluding hydrogens is 348 g/mol. The van der Waals surface area contributed by atoms with E-state index in [1.165, 1.54) is 27.3 Å². The van der Waals surface area contributed by atoms with Gasteiger partial charge in [0.1, 0.15) is 0 Å². The van der Waals surface area contributed by atoms with Crippen LogP contribution < -0.4 is 5.32 Å². The maximum atomic E-state index is 4.60. The summed E-state index contributed by atoms with van der Waals surface area (Å²) in [4.78, 5) is 5.78. The van der Waals surface area contributed by atoms with Crippen molar-refractivity contribution in [1.29, 1.82) is 0 Å². The average molecular weight is 371 g/mol. The van der Waals surface area contributed by atoms with Crippen LogP contribution in [0.5, 0.6) is 0 Å². The van der Waals surface area contributed by atoms with Gasteiger partial charge in [-0.15, -0.1) is 11.3 Å². The smallest absolute Gasteiger partial charge is 0.0630 e. The Morgan fingerprint density at radius 1 is 1.11 bits per heavy atom. The molecule has 3 atom stereocenters. The number of allylic oxidation sites excluding steroid dienone is 2. The average Bonchev–Trinajstić information content (AvgIpc) is 3.38. The Kier molecular flexibility index (Phi) is 4.17. The lowest BCUT2D eigenvalue weighted by molar-refractivity contribution is 0.425. The zero-order chi connectivity index (χ0) is 18.2. The van der Waals surface area contributed by atoms with Crippen LogP contribution in [0.25, 0.3) is 0 Å². The van der Waals surface area contributed by atoms with Crippen LogP contribution in [0.3, 0.4) is 0 Å². The van der Waals surface area contributed by atoms with Crippen molar-refractivity contribution in [3.8, 4) is 0 Å². The van der Waals surface area contributed by atoms with E-state index in [1.54, 1.807) is 11.3 Å². The third-order valence-corrected chi connectivity index (χ3v) is 6.46. The summed E-state index contributed by atoms with van der Waals surface area (Å²) in [5.41, 5.74) is 6.40. The van der Waals surface area contributed by atoms with Crippen LogP contribution in [0.4, 0.5) is 11.4 Å². The molecule has 0 bridgehead atoms. The lowest BCUT2D eigenvalue weighted by atomic mass is 9.76. The summed E-state index contributed by atoms with van der Waals surface area (Å²) in [5.74, 6) is 1.10. The third kappa shape index (κ3) is 3.13. The number of thiophene rings is 1. The number of aliphatic imine (C=N–C) groups is 1. The molecule has 2 heterocycles. The van der Waals surface area contributed by atoms with Crippen molar-refractivity contribution in [1.82, 2.24) is 0 Å². The first-order valence-corrected chi connectivity index (χ1v) is 10.4. The van der Waals surface area contributed by atoms with Crippen LogP contribution in [0.15, 0.2) is 77.1 Å². The molecule has 3 aromatic rings. The standard InChI is InChI=1S/C24H22N2S/c1-16-7-12-23-22(14-16)20-5-2-6-21(20)24(26-23)17-8-10-18(11-9-17)25-15-19-4-3-13-27-19/h2-5,7-15,20-21,24,26H,6H2,1H3/t20-,21-,24+/m1/s1. The van der Waals surface area contributed by atoms with Crippen molar-refractivity contribution >= 4 is 28.9 Å². The van der Waals surface area contributed by atoms with Crippen molar-refractivity contribution in [2.75, 3.05) is 5.32 Å². The summed E-state index contributed by atoms with van der Waals surface area (Å²) >= 11 is 1.71. The number of benzene rings is 2. The number of hydrogen-bond acceptors (Lipinski definition) is 3. The highest BCUT2D eigenvalue weighted by molar-refractivity contribution is 7.11. The van der Waals surface area contributed by atoms with E-state index in [9.17, 15) is 0 Å². The fourth-order valence-electron chi connectivity index (χ4n) is 4.31. The molecule has 0 unspecified atom stereocenters. The predicted octanol–water partition coefficient (Wildman–Crippen LogP) is 6.63. The monoisotopic (exact) mass is 370 g/mol. The SMILES string of the molecule is Cc1ccc2c(c1)[C@@H]1C=CC[C@H]1[C@H](c1ccc(N=Cc3cccs3)cc1)N2. The molecule has 0 fully saturated rings. The molecule has 2 aliphatic rings. The Morgan fingerprint density at radius 3 is 2.81 bits per heavy atom. The van der Waals surface area contributed by atoms with E-state index in [4.69, 9.17) is 0 Å². The Balaban J connectivity index is 1.42. The van der Waals surface area contributed by atoms with Crippen LogP contribution in [0.2, 0.25) is 0 Å². The molecule has 1 aliphatic carbocycles. The van der Waals surface area contributed by atoms with Gasteiger partial charge in [-0.25, -0.2) is 0 Å². The number of nitrogens with one attached hydrogen (secondary N) is 1. The maximum absolute atomic E-state index is 4.60. The Bertz CT molecular complexity index is 999. The van der Waals surface area contributed by atoms with Crippen LogP contribution >= 0.6 is 11.3 Å². The van der Waals surface area contributed by atoms with Crippen molar-refractivity contribution in [2.45, 2.75) is 25.3 Å². The molecule has 1 aromatic heterocycles. The zero-order valence-corrected chi connectivity index (χ0v) is 16.1. The maximum Gasteiger partial charge on any atom is 0.0630 e. The van der Waals surface area contributed by atoms with Crippen LogP contribution in [-0.4, -0.2) is 6.21 Å². The second-order valence-electron chi connectivity index (χ2n) is 7.43. The molecule has 27 heavy (non-hydrogen) atoms. The number of rotatable bonds is 3. The summed E-state index contributed by atoms with van der Waals surface area (Å²) < 4.78 is 0. The van der Waals surface area contributed by atoms with Crippen molar-refractivity contribution < 1.29 is 0 Å². The third-order valence-electron chi connectivity index (χ3n) is 5.65. The zero-order valence-electron chi connectivity index (χ0n) is 15.3. The molecule has 1 aliphatic heterocycles. The molecule has 0 amide bonds. The second kappa shape index (κ2) is 6.82. The van der Waals surface area contributed by atoms with E-state index in [-0.39, 0.29) is 0 Å². The van der Waals surface area contributed by atoms with Crippen molar-refractivity contribution in [3.63, 3.8) is 0 Å². The van der Waals surface area contributed by atoms with E-state index in [1.807, 2.05) is 6.21 Å². The number of aryl methyl sites for hydroxylation is 1. The summed E-state index contributed by atoms with van der Waals surface area (Å²) in [5, 5.41) is 5.88. The highest BCUT2D eigenvalue weighted by Gasteiger charge is 2.37. The summed E-state index contributed by atoms with van der Waals surface area (Å²) in [6.07, 6.45) is 7.82. The number of nitrogens with zero attached hydrogens (tertiary/aromatic N) is 1. The molecule has 0 saturated carbocycles. The van der Waals surface area contributed by atoms with Gasteiger partial charge >= 0.3 is 0 Å². The molecule has 0 saturated heterocycles. The first-order valence-electron chi connectivity index (χ1n) is 9.49. The van der Waals surface area contributed by atoms with Crippen molar-refractivity contribution in [2.24, 2.45) is 10.9 Å². The minimum absolute atomic E-state index is 0.343. The van der Waals surface area contributed by atoms with Gasteiger partial charge in [0.25, 0.3) is 0 Å². The van der Waals surface area contributed by atoms with Gasteiger partial charge in [-0.2, -0.15) is 0 Å². The summed E-state index contributed by atoms with van der Waals surface area (Å²) in [6, 6.07) is 20.0. The number of hydrogen-bond donors (Lipinski definition) is 1. The minimum Gasteiger partial charge on any atom is -0.378 e. The van der Waals surface area contributed by atoms with Gasteiger partial charge in [0.05, 0.1) is 11.7 Å². The van der Waals surface area contributed by atoms with E-state index in [0.29, 0.717) is 17.9 Å². The molecule has 0 radical (unpaired) electrons. The molecule has 134 valence electrons. The topological polar surface area (TPSA) is 24.4 Å². The molecule has 1 N–H and O–H groups in total. The van der Waals surface area contributed by atoms with Gasteiger partial charge in [-0.05, 0) is 60.0 Å². The van der Waals surface area contributed by atoms with E-state index in [2.05, 4.69) is 89.4 Å². The van der Waals surface area contributed by atoms with Gasteiger partial charge in [0, 0.05) is 22.7 Å². The fourth-order valence-corrected chi connectivity index (χ4v) is 4.90. The van der Waals surface area contributed by atoms with Gasteiger partial charge in [0.15, 0.2) is 0 Å². The Hall–Kier alpha value is -2.65. The molecule has 5 rings (SSSR count). The van der Waals surface area contributed by atoms with Crippen LogP contribution in [-0.2, 0) is 0 Å². The Labute approximate surface area is 164 Å². The van der Waals surface area contributed by atoms with Crippen LogP contribution in [0.1, 0.15) is 39.9 Å². The van der Waals surface area contributed by atoms with Gasteiger partial charge in [-0.3, -0.25) is 4.99 Å². The molecular formula is C24H22N2S. The summed E-state index contributed by atoms with van der Waals surface area (Å²) in [6.45, 7) is 2.18. The van der Waals surface area contributed by atoms with Gasteiger partial charge in [-0.1, -0.05) is 48.0 Å². The predicted molar refractivity (Wildman–Crippen MR) is 116 cm³/mol. The van der Waals surface area contributed by atoms with E-state index in [0.717, 1.165) is 12.1 Å². The molecule has 2 nitrogen and oxygen atoms in total. The highest BCUT2D eigenvalue weighted by atomic mass is 32.1. The van der Waals surface area contributed by atoms with Gasteiger partial charge in [0.2, 0.25) is 0 Å². The van der Waals surface area contributed by atoms with Crippen LogP contribution in [0, 0.1) is 12.8 Å². The number of fused-ring (bicyclic) bond motifs is 3. The quantitative estimate of drug-likeness (QED) is 0.406. The van der Waals surface area contributed by atoms with Crippen molar-refractivity contribution in [3.05, 3.63) is 93.7 Å². The summed E-state index contributed by atoms with van der Waals surface area (Å²) in [7, 11) is 0. The highest BCUT2D eigenvalue weighted by Crippen LogP contribution is 2.49. The first kappa shape index (κ1) is 16.5. The number of anilines is 1. The molecule has 0 spiro atoms. The molecule has 2 aromatic carbocycles. The van der Waals surface area contributed by atoms with E-state index < -0.39 is 0 Å². The first-order chi connectivity index (χ1) is 13.3. The Morgan fingerprint density at radius 2 is 2.00 bits per heavy atom. The lowest BCUT2D eigenvalue weighted by Crippen LogP contribution is -2.29. The van der Waals surface area contributed by atoms with E-state index >= 15 is 0 Å². The second-order valence-corrected chi connectivity index (χ2v) is 8.41. The lowest BCUT2D eigenvalue weighted by Gasteiger charge is -2.37. The minimum atomic E-state index is 0.343.